The highest BCUT2D eigenvalue weighted by Crippen LogP contribution is 2.28. The van der Waals surface area contributed by atoms with E-state index in [9.17, 15) is 4.79 Å². The molecule has 0 spiro atoms. The Morgan fingerprint density at radius 2 is 1.56 bits per heavy atom. The zero-order valence-corrected chi connectivity index (χ0v) is 18.4. The van der Waals surface area contributed by atoms with E-state index in [1.165, 1.54) is 0 Å². The molecule has 6 heteroatoms. The van der Waals surface area contributed by atoms with E-state index in [1.54, 1.807) is 21.3 Å². The Bertz CT molecular complexity index is 1220. The minimum atomic E-state index is -0.0968. The van der Waals surface area contributed by atoms with Crippen LogP contribution in [-0.4, -0.2) is 31.8 Å². The maximum Gasteiger partial charge on any atom is 0.228 e. The second-order valence-electron chi connectivity index (χ2n) is 7.45. The molecule has 1 heterocycles. The molecule has 164 valence electrons. The number of hydrogen-bond acceptors (Lipinski definition) is 4. The molecule has 4 rings (SSSR count). The lowest BCUT2D eigenvalue weighted by Crippen LogP contribution is -2.14. The molecule has 0 unspecified atom stereocenters. The van der Waals surface area contributed by atoms with Crippen LogP contribution in [-0.2, 0) is 17.8 Å². The van der Waals surface area contributed by atoms with Crippen LogP contribution in [0.3, 0.4) is 0 Å². The van der Waals surface area contributed by atoms with E-state index in [0.29, 0.717) is 18.0 Å². The van der Waals surface area contributed by atoms with Gasteiger partial charge in [-0.25, -0.2) is 0 Å². The molecular weight excluding hydrogens is 404 g/mol. The Hall–Kier alpha value is -3.93. The molecule has 0 aliphatic rings. The fraction of sp³-hybridized carbons (Fsp3) is 0.192. The normalized spacial score (nSPS) is 10.7. The Balaban J connectivity index is 1.61. The molecule has 1 N–H and O–H groups in total. The molecule has 1 aromatic heterocycles. The van der Waals surface area contributed by atoms with Gasteiger partial charge in [0.1, 0.15) is 17.2 Å². The number of benzene rings is 3. The number of nitrogens with one attached hydrogen (secondary N) is 1. The summed E-state index contributed by atoms with van der Waals surface area (Å²) in [6.45, 7) is 0.627. The number of anilines is 1. The van der Waals surface area contributed by atoms with Crippen LogP contribution in [0.25, 0.3) is 10.9 Å². The number of rotatable bonds is 8. The molecule has 0 aliphatic heterocycles. The highest BCUT2D eigenvalue weighted by Gasteiger charge is 2.14. The van der Waals surface area contributed by atoms with Gasteiger partial charge < -0.3 is 24.1 Å². The van der Waals surface area contributed by atoms with Crippen LogP contribution in [0, 0.1) is 0 Å². The minimum absolute atomic E-state index is 0.0968. The van der Waals surface area contributed by atoms with Gasteiger partial charge in [0, 0.05) is 29.7 Å². The molecule has 0 radical (unpaired) electrons. The maximum absolute atomic E-state index is 12.8. The Kier molecular flexibility index (Phi) is 6.31. The number of carbonyl (C=O) groups is 1. The molecule has 32 heavy (non-hydrogen) atoms. The van der Waals surface area contributed by atoms with Crippen molar-refractivity contribution in [3.8, 4) is 17.2 Å². The minimum Gasteiger partial charge on any atom is -0.497 e. The molecule has 0 saturated carbocycles. The largest absolute Gasteiger partial charge is 0.497 e. The molecular formula is C26H26N2O4. The summed E-state index contributed by atoms with van der Waals surface area (Å²) < 4.78 is 18.3. The van der Waals surface area contributed by atoms with Crippen LogP contribution in [0.2, 0.25) is 0 Å². The van der Waals surface area contributed by atoms with E-state index >= 15 is 0 Å². The second-order valence-corrected chi connectivity index (χ2v) is 7.45. The average molecular weight is 431 g/mol. The molecule has 0 fully saturated rings. The van der Waals surface area contributed by atoms with Crippen molar-refractivity contribution in [1.82, 2.24) is 4.57 Å². The van der Waals surface area contributed by atoms with E-state index in [0.717, 1.165) is 33.5 Å². The standard InChI is InChI=1S/C26H26N2O4/c1-30-20-12-18(13-21(15-20)31-2)16-28-17-19(22-8-4-6-10-24(22)28)14-26(29)27-23-9-5-7-11-25(23)32-3/h4-13,15,17H,14,16H2,1-3H3,(H,27,29). The predicted octanol–water partition coefficient (Wildman–Crippen LogP) is 4.90. The topological polar surface area (TPSA) is 61.7 Å². The highest BCUT2D eigenvalue weighted by molar-refractivity contribution is 5.96. The summed E-state index contributed by atoms with van der Waals surface area (Å²) in [6, 6.07) is 21.3. The second kappa shape index (κ2) is 9.47. The predicted molar refractivity (Wildman–Crippen MR) is 126 cm³/mol. The molecule has 0 saturated heterocycles. The third-order valence-electron chi connectivity index (χ3n) is 5.37. The van der Waals surface area contributed by atoms with Crippen LogP contribution in [0.1, 0.15) is 11.1 Å². The van der Waals surface area contributed by atoms with Gasteiger partial charge in [-0.05, 0) is 41.5 Å². The summed E-state index contributed by atoms with van der Waals surface area (Å²) in [4.78, 5) is 12.8. The Morgan fingerprint density at radius 1 is 0.875 bits per heavy atom. The fourth-order valence-electron chi connectivity index (χ4n) is 3.86. The molecule has 1 amide bonds. The highest BCUT2D eigenvalue weighted by atomic mass is 16.5. The van der Waals surface area contributed by atoms with Gasteiger partial charge in [0.2, 0.25) is 5.91 Å². The van der Waals surface area contributed by atoms with E-state index in [4.69, 9.17) is 14.2 Å². The fourth-order valence-corrected chi connectivity index (χ4v) is 3.86. The first-order chi connectivity index (χ1) is 15.6. The summed E-state index contributed by atoms with van der Waals surface area (Å²) in [5.74, 6) is 2.02. The molecule has 4 aromatic rings. The lowest BCUT2D eigenvalue weighted by atomic mass is 10.1. The van der Waals surface area contributed by atoms with Crippen molar-refractivity contribution in [2.45, 2.75) is 13.0 Å². The van der Waals surface area contributed by atoms with Gasteiger partial charge in [0.25, 0.3) is 0 Å². The smallest absolute Gasteiger partial charge is 0.228 e. The molecule has 3 aromatic carbocycles. The van der Waals surface area contributed by atoms with Gasteiger partial charge in [-0.2, -0.15) is 0 Å². The number of amides is 1. The molecule has 0 atom stereocenters. The lowest BCUT2D eigenvalue weighted by Gasteiger charge is -2.10. The Labute approximate surface area is 187 Å². The van der Waals surface area contributed by atoms with E-state index in [-0.39, 0.29) is 12.3 Å². The number of ether oxygens (including phenoxy) is 3. The van der Waals surface area contributed by atoms with Crippen LogP contribution >= 0.6 is 0 Å². The number of nitrogens with zero attached hydrogens (tertiary/aromatic N) is 1. The van der Waals surface area contributed by atoms with Crippen LogP contribution in [0.15, 0.2) is 72.9 Å². The van der Waals surface area contributed by atoms with Gasteiger partial charge in [-0.15, -0.1) is 0 Å². The van der Waals surface area contributed by atoms with E-state index < -0.39 is 0 Å². The quantitative estimate of drug-likeness (QED) is 0.432. The summed E-state index contributed by atoms with van der Waals surface area (Å²) in [5, 5.41) is 4.01. The summed E-state index contributed by atoms with van der Waals surface area (Å²) in [6.07, 6.45) is 2.30. The monoisotopic (exact) mass is 430 g/mol. The van der Waals surface area contributed by atoms with Gasteiger partial charge in [0.15, 0.2) is 0 Å². The van der Waals surface area contributed by atoms with Crippen LogP contribution in [0.5, 0.6) is 17.2 Å². The molecule has 0 aliphatic carbocycles. The summed E-state index contributed by atoms with van der Waals surface area (Å²) in [7, 11) is 4.87. The molecule has 0 bridgehead atoms. The molecule has 6 nitrogen and oxygen atoms in total. The number of para-hydroxylation sites is 3. The van der Waals surface area contributed by atoms with E-state index in [2.05, 4.69) is 16.0 Å². The van der Waals surface area contributed by atoms with Crippen molar-refractivity contribution in [3.05, 3.63) is 84.1 Å². The first-order valence-electron chi connectivity index (χ1n) is 10.3. The van der Waals surface area contributed by atoms with Gasteiger partial charge in [-0.1, -0.05) is 30.3 Å². The number of fused-ring (bicyclic) bond motifs is 1. The lowest BCUT2D eigenvalue weighted by molar-refractivity contribution is -0.115. The van der Waals surface area contributed by atoms with Gasteiger partial charge in [-0.3, -0.25) is 4.79 Å². The third-order valence-corrected chi connectivity index (χ3v) is 5.37. The van der Waals surface area contributed by atoms with Crippen molar-refractivity contribution in [2.24, 2.45) is 0 Å². The number of aromatic nitrogens is 1. The summed E-state index contributed by atoms with van der Waals surface area (Å²) >= 11 is 0. The number of carbonyl (C=O) groups excluding carboxylic acids is 1. The van der Waals surface area contributed by atoms with Crippen molar-refractivity contribution >= 4 is 22.5 Å². The number of methoxy groups -OCH3 is 3. The first-order valence-corrected chi connectivity index (χ1v) is 10.3. The summed E-state index contributed by atoms with van der Waals surface area (Å²) in [5.41, 5.74) is 3.73. The van der Waals surface area contributed by atoms with Crippen LogP contribution < -0.4 is 19.5 Å². The van der Waals surface area contributed by atoms with Crippen molar-refractivity contribution in [2.75, 3.05) is 26.6 Å². The van der Waals surface area contributed by atoms with Gasteiger partial charge in [0.05, 0.1) is 33.4 Å². The zero-order valence-electron chi connectivity index (χ0n) is 18.4. The van der Waals surface area contributed by atoms with Gasteiger partial charge >= 0.3 is 0 Å². The third kappa shape index (κ3) is 4.54. The Morgan fingerprint density at radius 3 is 2.28 bits per heavy atom. The first kappa shape index (κ1) is 21.3. The van der Waals surface area contributed by atoms with Crippen molar-refractivity contribution < 1.29 is 19.0 Å². The van der Waals surface area contributed by atoms with E-state index in [1.807, 2.05) is 66.9 Å². The van der Waals surface area contributed by atoms with Crippen molar-refractivity contribution in [1.29, 1.82) is 0 Å². The average Bonchev–Trinajstić information content (AvgIpc) is 3.16. The maximum atomic E-state index is 12.8. The zero-order chi connectivity index (χ0) is 22.5. The van der Waals surface area contributed by atoms with Crippen LogP contribution in [0.4, 0.5) is 5.69 Å². The SMILES string of the molecule is COc1cc(Cn2cc(CC(=O)Nc3ccccc3OC)c3ccccc32)cc(OC)c1. The number of hydrogen-bond donors (Lipinski definition) is 1. The van der Waals surface area contributed by atoms with Crippen molar-refractivity contribution in [3.63, 3.8) is 0 Å².